The molecule has 0 spiro atoms. The zero-order chi connectivity index (χ0) is 19.5. The number of hydrogen-bond donors (Lipinski definition) is 3. The summed E-state index contributed by atoms with van der Waals surface area (Å²) < 4.78 is 0.422. The Bertz CT molecular complexity index is 1220. The number of aromatic nitrogens is 3. The number of anilines is 3. The Kier molecular flexibility index (Phi) is 4.43. The van der Waals surface area contributed by atoms with Crippen LogP contribution in [0.15, 0.2) is 71.7 Å². The van der Waals surface area contributed by atoms with Crippen molar-refractivity contribution in [1.82, 2.24) is 14.7 Å². The molecule has 3 N–H and O–H groups in total. The predicted molar refractivity (Wildman–Crippen MR) is 106 cm³/mol. The van der Waals surface area contributed by atoms with Gasteiger partial charge in [0.1, 0.15) is 5.82 Å². The van der Waals surface area contributed by atoms with Crippen LogP contribution < -0.4 is 16.3 Å². The number of fused-ring (bicyclic) bond motifs is 1. The SMILES string of the molecule is O=CNc1ccc(-c2cccc(Nc3nc(=O)n(O)c4ncccc34)c2)cc1. The molecule has 28 heavy (non-hydrogen) atoms. The fraction of sp³-hybridized carbons (Fsp3) is 0. The maximum atomic E-state index is 11.9. The molecule has 138 valence electrons. The lowest BCUT2D eigenvalue weighted by Gasteiger charge is -2.11. The third-order valence-electron chi connectivity index (χ3n) is 4.20. The van der Waals surface area contributed by atoms with Crippen molar-refractivity contribution in [2.45, 2.75) is 0 Å². The van der Waals surface area contributed by atoms with Crippen LogP contribution in [0, 0.1) is 0 Å². The number of hydrogen-bond acceptors (Lipinski definition) is 6. The lowest BCUT2D eigenvalue weighted by atomic mass is 10.0. The first-order valence-corrected chi connectivity index (χ1v) is 8.40. The molecule has 2 aromatic carbocycles. The van der Waals surface area contributed by atoms with E-state index in [0.29, 0.717) is 28.0 Å². The highest BCUT2D eigenvalue weighted by atomic mass is 16.5. The van der Waals surface area contributed by atoms with Crippen molar-refractivity contribution in [3.05, 3.63) is 77.3 Å². The van der Waals surface area contributed by atoms with E-state index in [1.54, 1.807) is 12.1 Å². The van der Waals surface area contributed by atoms with Gasteiger partial charge in [-0.2, -0.15) is 4.98 Å². The number of rotatable bonds is 5. The van der Waals surface area contributed by atoms with Crippen molar-refractivity contribution in [2.24, 2.45) is 0 Å². The molecule has 0 aliphatic heterocycles. The number of amides is 1. The predicted octanol–water partition coefficient (Wildman–Crippen LogP) is 3.01. The number of carbonyl (C=O) groups is 1. The lowest BCUT2D eigenvalue weighted by Crippen LogP contribution is -2.23. The molecule has 0 aliphatic carbocycles. The maximum absolute atomic E-state index is 11.9. The van der Waals surface area contributed by atoms with Gasteiger partial charge in [0.2, 0.25) is 6.41 Å². The van der Waals surface area contributed by atoms with Gasteiger partial charge in [0, 0.05) is 17.6 Å². The monoisotopic (exact) mass is 373 g/mol. The van der Waals surface area contributed by atoms with Crippen LogP contribution in [0.2, 0.25) is 0 Å². The van der Waals surface area contributed by atoms with Crippen molar-refractivity contribution < 1.29 is 10.0 Å². The minimum absolute atomic E-state index is 0.124. The molecule has 0 bridgehead atoms. The average Bonchev–Trinajstić information content (AvgIpc) is 2.73. The van der Waals surface area contributed by atoms with Gasteiger partial charge in [0.05, 0.1) is 5.39 Å². The summed E-state index contributed by atoms with van der Waals surface area (Å²) in [6.07, 6.45) is 2.12. The van der Waals surface area contributed by atoms with Gasteiger partial charge in [-0.15, -0.1) is 4.73 Å². The van der Waals surface area contributed by atoms with Crippen LogP contribution in [0.25, 0.3) is 22.2 Å². The van der Waals surface area contributed by atoms with Gasteiger partial charge in [0.25, 0.3) is 0 Å². The van der Waals surface area contributed by atoms with Crippen molar-refractivity contribution in [1.29, 1.82) is 0 Å². The summed E-state index contributed by atoms with van der Waals surface area (Å²) >= 11 is 0. The van der Waals surface area contributed by atoms with E-state index in [9.17, 15) is 14.8 Å². The summed E-state index contributed by atoms with van der Waals surface area (Å²) in [5.74, 6) is 0.307. The van der Waals surface area contributed by atoms with Crippen LogP contribution in [0.1, 0.15) is 0 Å². The summed E-state index contributed by atoms with van der Waals surface area (Å²) in [4.78, 5) is 30.4. The van der Waals surface area contributed by atoms with E-state index in [1.165, 1.54) is 6.20 Å². The standard InChI is InChI=1S/C20H15N5O3/c26-12-22-15-8-6-13(7-9-15)14-3-1-4-16(11-14)23-18-17-5-2-10-21-19(17)25(28)20(27)24-18/h1-12,28H,(H,22,26)(H,23,24,27). The first-order chi connectivity index (χ1) is 13.7. The summed E-state index contributed by atoms with van der Waals surface area (Å²) in [6, 6.07) is 18.4. The van der Waals surface area contributed by atoms with Gasteiger partial charge in [0.15, 0.2) is 5.65 Å². The molecule has 0 saturated carbocycles. The second-order valence-electron chi connectivity index (χ2n) is 5.97. The van der Waals surface area contributed by atoms with E-state index in [4.69, 9.17) is 0 Å². The number of carbonyl (C=O) groups excluding carboxylic acids is 1. The van der Waals surface area contributed by atoms with Crippen LogP contribution in [0.3, 0.4) is 0 Å². The fourth-order valence-corrected chi connectivity index (χ4v) is 2.88. The molecular weight excluding hydrogens is 358 g/mol. The molecule has 4 rings (SSSR count). The molecule has 2 aromatic heterocycles. The van der Waals surface area contributed by atoms with Crippen LogP contribution in [-0.2, 0) is 4.79 Å². The minimum atomic E-state index is -0.817. The summed E-state index contributed by atoms with van der Waals surface area (Å²) in [5, 5.41) is 16.1. The zero-order valence-corrected chi connectivity index (χ0v) is 14.5. The second-order valence-corrected chi connectivity index (χ2v) is 5.97. The highest BCUT2D eigenvalue weighted by Crippen LogP contribution is 2.27. The third kappa shape index (κ3) is 3.26. The Morgan fingerprint density at radius 2 is 1.79 bits per heavy atom. The molecule has 1 amide bonds. The van der Waals surface area contributed by atoms with Crippen LogP contribution >= 0.6 is 0 Å². The van der Waals surface area contributed by atoms with E-state index in [2.05, 4.69) is 20.6 Å². The molecule has 2 heterocycles. The molecular formula is C20H15N5O3. The molecule has 4 aromatic rings. The van der Waals surface area contributed by atoms with Crippen molar-refractivity contribution in [3.8, 4) is 11.1 Å². The van der Waals surface area contributed by atoms with E-state index in [-0.39, 0.29) is 5.65 Å². The van der Waals surface area contributed by atoms with E-state index in [0.717, 1.165) is 16.8 Å². The second kappa shape index (κ2) is 7.20. The van der Waals surface area contributed by atoms with Gasteiger partial charge in [-0.1, -0.05) is 24.3 Å². The van der Waals surface area contributed by atoms with E-state index < -0.39 is 5.69 Å². The first kappa shape index (κ1) is 17.2. The van der Waals surface area contributed by atoms with E-state index >= 15 is 0 Å². The minimum Gasteiger partial charge on any atom is -0.422 e. The molecule has 0 saturated heterocycles. The molecule has 0 unspecified atom stereocenters. The summed E-state index contributed by atoms with van der Waals surface area (Å²) in [6.45, 7) is 0. The van der Waals surface area contributed by atoms with Crippen molar-refractivity contribution >= 4 is 34.6 Å². The Labute approximate surface area is 159 Å². The number of nitrogens with zero attached hydrogens (tertiary/aromatic N) is 3. The van der Waals surface area contributed by atoms with Crippen LogP contribution in [-0.4, -0.2) is 26.3 Å². The molecule has 8 heteroatoms. The normalized spacial score (nSPS) is 10.6. The Morgan fingerprint density at radius 1 is 0.964 bits per heavy atom. The van der Waals surface area contributed by atoms with Gasteiger partial charge in [-0.3, -0.25) is 4.79 Å². The molecule has 8 nitrogen and oxygen atoms in total. The topological polar surface area (TPSA) is 109 Å². The highest BCUT2D eigenvalue weighted by molar-refractivity contribution is 5.88. The fourth-order valence-electron chi connectivity index (χ4n) is 2.88. The van der Waals surface area contributed by atoms with E-state index in [1.807, 2.05) is 48.5 Å². The Balaban J connectivity index is 1.70. The quantitative estimate of drug-likeness (QED) is 0.366. The number of pyridine rings is 1. The van der Waals surface area contributed by atoms with Gasteiger partial charge in [-0.25, -0.2) is 9.78 Å². The van der Waals surface area contributed by atoms with Gasteiger partial charge in [-0.05, 0) is 47.5 Å². The lowest BCUT2D eigenvalue weighted by molar-refractivity contribution is -0.105. The summed E-state index contributed by atoms with van der Waals surface area (Å²) in [5.41, 5.74) is 2.65. The molecule has 0 atom stereocenters. The summed E-state index contributed by atoms with van der Waals surface area (Å²) in [7, 11) is 0. The first-order valence-electron chi connectivity index (χ1n) is 8.40. The largest absolute Gasteiger partial charge is 0.422 e. The number of benzene rings is 2. The van der Waals surface area contributed by atoms with Crippen LogP contribution in [0.4, 0.5) is 17.2 Å². The smallest absolute Gasteiger partial charge is 0.384 e. The molecule has 0 aliphatic rings. The van der Waals surface area contributed by atoms with Gasteiger partial charge < -0.3 is 15.8 Å². The number of nitrogens with one attached hydrogen (secondary N) is 2. The maximum Gasteiger partial charge on any atom is 0.384 e. The highest BCUT2D eigenvalue weighted by Gasteiger charge is 2.11. The van der Waals surface area contributed by atoms with Crippen molar-refractivity contribution in [2.75, 3.05) is 10.6 Å². The molecule has 0 fully saturated rings. The average molecular weight is 373 g/mol. The third-order valence-corrected chi connectivity index (χ3v) is 4.20. The Hall–Kier alpha value is -4.20. The Morgan fingerprint density at radius 3 is 2.57 bits per heavy atom. The zero-order valence-electron chi connectivity index (χ0n) is 14.5. The van der Waals surface area contributed by atoms with Crippen LogP contribution in [0.5, 0.6) is 0 Å². The van der Waals surface area contributed by atoms with Crippen molar-refractivity contribution in [3.63, 3.8) is 0 Å². The molecule has 0 radical (unpaired) electrons. The van der Waals surface area contributed by atoms with Gasteiger partial charge >= 0.3 is 5.69 Å².